The third-order valence-electron chi connectivity index (χ3n) is 3.63. The van der Waals surface area contributed by atoms with Gasteiger partial charge < -0.3 is 10.1 Å². The zero-order valence-electron chi connectivity index (χ0n) is 13.0. The molecule has 0 atom stereocenters. The summed E-state index contributed by atoms with van der Waals surface area (Å²) in [6.07, 6.45) is 0. The van der Waals surface area contributed by atoms with Gasteiger partial charge in [0.1, 0.15) is 5.75 Å². The summed E-state index contributed by atoms with van der Waals surface area (Å²) in [5.74, 6) is 0.711. The number of aromatic nitrogens is 1. The predicted molar refractivity (Wildman–Crippen MR) is 86.2 cm³/mol. The van der Waals surface area contributed by atoms with E-state index in [0.717, 1.165) is 21.9 Å². The van der Waals surface area contributed by atoms with Crippen LogP contribution in [0.4, 0.5) is 5.13 Å². The summed E-state index contributed by atoms with van der Waals surface area (Å²) in [5, 5.41) is 3.56. The number of rotatable bonds is 4. The van der Waals surface area contributed by atoms with E-state index in [2.05, 4.69) is 10.3 Å². The number of thiazole rings is 1. The number of aryl methyl sites for hydroxylation is 2. The van der Waals surface area contributed by atoms with Crippen LogP contribution in [0.15, 0.2) is 24.3 Å². The Hall–Kier alpha value is -1.88. The minimum absolute atomic E-state index is 0.0681. The molecule has 2 rings (SSSR count). The smallest absolute Gasteiger partial charge is 0.236 e. The lowest BCUT2D eigenvalue weighted by atomic mass is 9.84. The second kappa shape index (κ2) is 5.85. The monoisotopic (exact) mass is 304 g/mol. The van der Waals surface area contributed by atoms with Crippen molar-refractivity contribution in [3.05, 3.63) is 40.4 Å². The van der Waals surface area contributed by atoms with Crippen LogP contribution in [-0.2, 0) is 10.2 Å². The molecule has 0 saturated carbocycles. The highest BCUT2D eigenvalue weighted by molar-refractivity contribution is 7.15. The molecule has 1 amide bonds. The minimum Gasteiger partial charge on any atom is -0.497 e. The molecule has 21 heavy (non-hydrogen) atoms. The molecular weight excluding hydrogens is 284 g/mol. The number of nitrogens with one attached hydrogen (secondary N) is 1. The zero-order valence-corrected chi connectivity index (χ0v) is 13.8. The third kappa shape index (κ3) is 3.24. The fourth-order valence-electron chi connectivity index (χ4n) is 1.92. The fourth-order valence-corrected chi connectivity index (χ4v) is 2.73. The van der Waals surface area contributed by atoms with Gasteiger partial charge in [0.15, 0.2) is 5.13 Å². The van der Waals surface area contributed by atoms with Gasteiger partial charge >= 0.3 is 0 Å². The van der Waals surface area contributed by atoms with Gasteiger partial charge in [-0.05, 0) is 45.4 Å². The summed E-state index contributed by atoms with van der Waals surface area (Å²) in [6.45, 7) is 7.74. The highest BCUT2D eigenvalue weighted by Crippen LogP contribution is 2.28. The number of ether oxygens (including phenoxy) is 1. The number of amides is 1. The minimum atomic E-state index is -0.639. The summed E-state index contributed by atoms with van der Waals surface area (Å²) in [5.41, 5.74) is 1.25. The Morgan fingerprint density at radius 3 is 2.33 bits per heavy atom. The molecule has 2 aromatic rings. The number of carbonyl (C=O) groups is 1. The van der Waals surface area contributed by atoms with E-state index < -0.39 is 5.41 Å². The SMILES string of the molecule is COc1ccc(C(C)(C)C(=O)Nc2nc(C)c(C)s2)cc1. The first-order valence-corrected chi connectivity index (χ1v) is 7.56. The molecule has 0 fully saturated rings. The average molecular weight is 304 g/mol. The van der Waals surface area contributed by atoms with Crippen LogP contribution in [0.5, 0.6) is 5.75 Å². The largest absolute Gasteiger partial charge is 0.497 e. The lowest BCUT2D eigenvalue weighted by molar-refractivity contribution is -0.120. The quantitative estimate of drug-likeness (QED) is 0.937. The van der Waals surface area contributed by atoms with Gasteiger partial charge in [0, 0.05) is 4.88 Å². The lowest BCUT2D eigenvalue weighted by Crippen LogP contribution is -2.34. The van der Waals surface area contributed by atoms with E-state index >= 15 is 0 Å². The molecule has 0 bridgehead atoms. The van der Waals surface area contributed by atoms with Gasteiger partial charge in [0.05, 0.1) is 18.2 Å². The summed E-state index contributed by atoms with van der Waals surface area (Å²) < 4.78 is 5.15. The van der Waals surface area contributed by atoms with Crippen molar-refractivity contribution in [2.75, 3.05) is 12.4 Å². The number of nitrogens with zero attached hydrogens (tertiary/aromatic N) is 1. The molecule has 0 aliphatic carbocycles. The summed E-state index contributed by atoms with van der Waals surface area (Å²) in [6, 6.07) is 7.55. The number of benzene rings is 1. The molecule has 0 radical (unpaired) electrons. The molecular formula is C16H20N2O2S. The first kappa shape index (κ1) is 15.5. The molecule has 1 aromatic carbocycles. The highest BCUT2D eigenvalue weighted by atomic mass is 32.1. The molecule has 4 nitrogen and oxygen atoms in total. The fraction of sp³-hybridized carbons (Fsp3) is 0.375. The number of methoxy groups -OCH3 is 1. The van der Waals surface area contributed by atoms with Crippen molar-refractivity contribution in [2.24, 2.45) is 0 Å². The number of hydrogen-bond acceptors (Lipinski definition) is 4. The highest BCUT2D eigenvalue weighted by Gasteiger charge is 2.30. The summed E-state index contributed by atoms with van der Waals surface area (Å²) in [7, 11) is 1.62. The first-order valence-electron chi connectivity index (χ1n) is 6.74. The van der Waals surface area contributed by atoms with Crippen molar-refractivity contribution in [1.82, 2.24) is 4.98 Å². The lowest BCUT2D eigenvalue weighted by Gasteiger charge is -2.23. The zero-order chi connectivity index (χ0) is 15.6. The van der Waals surface area contributed by atoms with Crippen LogP contribution < -0.4 is 10.1 Å². The van der Waals surface area contributed by atoms with E-state index in [0.29, 0.717) is 5.13 Å². The van der Waals surface area contributed by atoms with E-state index in [1.54, 1.807) is 7.11 Å². The molecule has 112 valence electrons. The second-order valence-electron chi connectivity index (χ2n) is 5.47. The molecule has 0 spiro atoms. The van der Waals surface area contributed by atoms with E-state index in [-0.39, 0.29) is 5.91 Å². The van der Waals surface area contributed by atoms with Crippen LogP contribution in [-0.4, -0.2) is 18.0 Å². The molecule has 1 aromatic heterocycles. The van der Waals surface area contributed by atoms with Gasteiger partial charge in [-0.3, -0.25) is 4.79 Å². The molecule has 1 heterocycles. The Kier molecular flexibility index (Phi) is 4.32. The van der Waals surface area contributed by atoms with Crippen LogP contribution in [0.3, 0.4) is 0 Å². The molecule has 0 aliphatic rings. The van der Waals surface area contributed by atoms with Crippen molar-refractivity contribution >= 4 is 22.4 Å². The van der Waals surface area contributed by atoms with Gasteiger partial charge in [0.2, 0.25) is 5.91 Å². The van der Waals surface area contributed by atoms with E-state index in [1.165, 1.54) is 11.3 Å². The van der Waals surface area contributed by atoms with Gasteiger partial charge in [-0.15, -0.1) is 11.3 Å². The van der Waals surface area contributed by atoms with Gasteiger partial charge in [-0.2, -0.15) is 0 Å². The van der Waals surface area contributed by atoms with Gasteiger partial charge in [-0.25, -0.2) is 4.98 Å². The standard InChI is InChI=1S/C16H20N2O2S/c1-10-11(2)21-15(17-10)18-14(19)16(3,4)12-6-8-13(20-5)9-7-12/h6-9H,1-5H3,(H,17,18,19). The Balaban J connectivity index is 2.18. The van der Waals surface area contributed by atoms with E-state index in [9.17, 15) is 4.79 Å². The summed E-state index contributed by atoms with van der Waals surface area (Å²) >= 11 is 1.50. The number of hydrogen-bond donors (Lipinski definition) is 1. The third-order valence-corrected chi connectivity index (χ3v) is 4.62. The Morgan fingerprint density at radius 1 is 1.24 bits per heavy atom. The van der Waals surface area contributed by atoms with Gasteiger partial charge in [-0.1, -0.05) is 12.1 Å². The first-order chi connectivity index (χ1) is 9.84. The summed E-state index contributed by atoms with van der Waals surface area (Å²) in [4.78, 5) is 18.0. The van der Waals surface area contributed by atoms with E-state index in [1.807, 2.05) is 52.0 Å². The van der Waals surface area contributed by atoms with Crippen molar-refractivity contribution in [3.63, 3.8) is 0 Å². The maximum absolute atomic E-state index is 12.5. The molecule has 0 aliphatic heterocycles. The second-order valence-corrected chi connectivity index (χ2v) is 6.67. The predicted octanol–water partition coefficient (Wildman–Crippen LogP) is 3.68. The van der Waals surface area contributed by atoms with Crippen LogP contribution in [0.2, 0.25) is 0 Å². The van der Waals surface area contributed by atoms with Crippen molar-refractivity contribution < 1.29 is 9.53 Å². The molecule has 0 saturated heterocycles. The van der Waals surface area contributed by atoms with Crippen LogP contribution in [0, 0.1) is 13.8 Å². The van der Waals surface area contributed by atoms with Crippen LogP contribution in [0.1, 0.15) is 30.0 Å². The molecule has 0 unspecified atom stereocenters. The molecule has 1 N–H and O–H groups in total. The normalized spacial score (nSPS) is 11.3. The van der Waals surface area contributed by atoms with Crippen molar-refractivity contribution in [2.45, 2.75) is 33.1 Å². The Bertz CT molecular complexity index is 625. The average Bonchev–Trinajstić information content (AvgIpc) is 2.77. The topological polar surface area (TPSA) is 51.2 Å². The van der Waals surface area contributed by atoms with Crippen molar-refractivity contribution in [1.29, 1.82) is 0 Å². The maximum Gasteiger partial charge on any atom is 0.236 e. The maximum atomic E-state index is 12.5. The molecule has 5 heteroatoms. The van der Waals surface area contributed by atoms with E-state index in [4.69, 9.17) is 4.74 Å². The number of anilines is 1. The van der Waals surface area contributed by atoms with Crippen LogP contribution in [0.25, 0.3) is 0 Å². The van der Waals surface area contributed by atoms with Crippen molar-refractivity contribution in [3.8, 4) is 5.75 Å². The van der Waals surface area contributed by atoms with Crippen LogP contribution >= 0.6 is 11.3 Å². The van der Waals surface area contributed by atoms with Gasteiger partial charge in [0.25, 0.3) is 0 Å². The Labute approximate surface area is 129 Å². The number of carbonyl (C=O) groups excluding carboxylic acids is 1. The Morgan fingerprint density at radius 2 is 1.86 bits per heavy atom.